The van der Waals surface area contributed by atoms with Gasteiger partial charge in [0.1, 0.15) is 0 Å². The summed E-state index contributed by atoms with van der Waals surface area (Å²) in [4.78, 5) is 19.6. The zero-order valence-corrected chi connectivity index (χ0v) is 13.8. The maximum absolute atomic E-state index is 11.3. The van der Waals surface area contributed by atoms with Gasteiger partial charge < -0.3 is 9.64 Å². The number of nitrogens with zero attached hydrogens (tertiary/aromatic N) is 4. The number of hydrogen-bond acceptors (Lipinski definition) is 6. The summed E-state index contributed by atoms with van der Waals surface area (Å²) in [6, 6.07) is 13.7. The van der Waals surface area contributed by atoms with Crippen molar-refractivity contribution in [2.75, 3.05) is 31.1 Å². The smallest absolute Gasteiger partial charge is 0.311 e. The number of aromatic nitrogens is 1. The van der Waals surface area contributed by atoms with E-state index in [1.165, 1.54) is 11.6 Å². The normalized spacial score (nSPS) is 23.4. The summed E-state index contributed by atoms with van der Waals surface area (Å²) in [7, 11) is 0. The molecule has 2 aromatic rings. The van der Waals surface area contributed by atoms with Gasteiger partial charge in [-0.2, -0.15) is 0 Å². The van der Waals surface area contributed by atoms with E-state index in [1.807, 2.05) is 23.1 Å². The minimum atomic E-state index is -0.368. The average Bonchev–Trinajstić information content (AvgIpc) is 3.08. The molecule has 2 unspecified atom stereocenters. The van der Waals surface area contributed by atoms with Gasteiger partial charge in [-0.15, -0.1) is 0 Å². The highest BCUT2D eigenvalue weighted by molar-refractivity contribution is 5.58. The summed E-state index contributed by atoms with van der Waals surface area (Å²) in [5, 5.41) is 11.3. The van der Waals surface area contributed by atoms with E-state index in [-0.39, 0.29) is 22.8 Å². The van der Waals surface area contributed by atoms with Gasteiger partial charge in [-0.25, -0.2) is 4.98 Å². The van der Waals surface area contributed by atoms with Crippen LogP contribution in [0, 0.1) is 10.1 Å². The number of rotatable bonds is 4. The molecule has 130 valence electrons. The Morgan fingerprint density at radius 1 is 1.20 bits per heavy atom. The highest BCUT2D eigenvalue weighted by atomic mass is 16.6. The van der Waals surface area contributed by atoms with Crippen molar-refractivity contribution in [2.45, 2.75) is 18.7 Å². The third-order valence-corrected chi connectivity index (χ3v) is 4.91. The lowest BCUT2D eigenvalue weighted by molar-refractivity contribution is -0.384. The number of morpholine rings is 1. The number of benzene rings is 1. The summed E-state index contributed by atoms with van der Waals surface area (Å²) in [6.45, 7) is 3.74. The Kier molecular flexibility index (Phi) is 4.33. The summed E-state index contributed by atoms with van der Waals surface area (Å²) in [5.41, 5.74) is 1.32. The number of fused-ring (bicyclic) bond motifs is 1. The first-order valence-corrected chi connectivity index (χ1v) is 8.46. The molecule has 3 heterocycles. The molecule has 2 aliphatic rings. The van der Waals surface area contributed by atoms with Crippen LogP contribution in [0.5, 0.6) is 0 Å². The lowest BCUT2D eigenvalue weighted by Gasteiger charge is -2.36. The van der Waals surface area contributed by atoms with Crippen molar-refractivity contribution >= 4 is 11.5 Å². The molecular formula is C18H20N4O3. The fourth-order valence-electron chi connectivity index (χ4n) is 3.72. The van der Waals surface area contributed by atoms with E-state index in [0.717, 1.165) is 13.1 Å². The first kappa shape index (κ1) is 16.0. The van der Waals surface area contributed by atoms with Crippen molar-refractivity contribution < 1.29 is 9.66 Å². The number of anilines is 1. The molecular weight excluding hydrogens is 320 g/mol. The second kappa shape index (κ2) is 6.78. The Hall–Kier alpha value is -2.51. The average molecular weight is 340 g/mol. The van der Waals surface area contributed by atoms with Crippen LogP contribution in [0.2, 0.25) is 0 Å². The van der Waals surface area contributed by atoms with E-state index in [0.29, 0.717) is 25.5 Å². The van der Waals surface area contributed by atoms with Crippen LogP contribution in [0.15, 0.2) is 48.7 Å². The highest BCUT2D eigenvalue weighted by Gasteiger charge is 2.42. The van der Waals surface area contributed by atoms with Gasteiger partial charge in [0, 0.05) is 38.4 Å². The van der Waals surface area contributed by atoms with Crippen LogP contribution in [0.1, 0.15) is 5.56 Å². The topological polar surface area (TPSA) is 71.7 Å². The zero-order valence-electron chi connectivity index (χ0n) is 13.8. The minimum Gasteiger partial charge on any atom is -0.373 e. The molecule has 0 spiro atoms. The summed E-state index contributed by atoms with van der Waals surface area (Å²) in [5.74, 6) is 0.435. The Bertz CT molecular complexity index is 755. The van der Waals surface area contributed by atoms with Crippen LogP contribution in [0.4, 0.5) is 11.5 Å². The molecule has 1 aromatic heterocycles. The first-order chi connectivity index (χ1) is 12.2. The van der Waals surface area contributed by atoms with E-state index in [9.17, 15) is 10.1 Å². The molecule has 2 fully saturated rings. The maximum atomic E-state index is 11.3. The van der Waals surface area contributed by atoms with E-state index >= 15 is 0 Å². The quantitative estimate of drug-likeness (QED) is 0.627. The lowest BCUT2D eigenvalue weighted by atomic mass is 10.1. The molecule has 7 heteroatoms. The van der Waals surface area contributed by atoms with Crippen molar-refractivity contribution in [1.29, 1.82) is 0 Å². The van der Waals surface area contributed by atoms with Crippen molar-refractivity contribution in [2.24, 2.45) is 0 Å². The highest BCUT2D eigenvalue weighted by Crippen LogP contribution is 2.32. The molecule has 2 atom stereocenters. The van der Waals surface area contributed by atoms with Crippen LogP contribution in [-0.2, 0) is 11.3 Å². The molecule has 4 rings (SSSR count). The van der Waals surface area contributed by atoms with E-state index in [1.54, 1.807) is 12.3 Å². The molecule has 1 aromatic carbocycles. The number of hydrogen-bond donors (Lipinski definition) is 0. The number of nitro groups is 1. The predicted molar refractivity (Wildman–Crippen MR) is 93.5 cm³/mol. The van der Waals surface area contributed by atoms with Crippen LogP contribution in [-0.4, -0.2) is 53.2 Å². The van der Waals surface area contributed by atoms with E-state index < -0.39 is 0 Å². The molecule has 2 saturated heterocycles. The zero-order chi connectivity index (χ0) is 17.2. The fraction of sp³-hybridized carbons (Fsp3) is 0.389. The van der Waals surface area contributed by atoms with Crippen molar-refractivity contribution in [3.05, 3.63) is 64.3 Å². The van der Waals surface area contributed by atoms with Crippen LogP contribution in [0.3, 0.4) is 0 Å². The second-order valence-corrected chi connectivity index (χ2v) is 6.44. The van der Waals surface area contributed by atoms with Gasteiger partial charge in [-0.3, -0.25) is 15.0 Å². The Labute approximate surface area is 146 Å². The molecule has 0 N–H and O–H groups in total. The minimum absolute atomic E-state index is 0.0516. The van der Waals surface area contributed by atoms with E-state index in [4.69, 9.17) is 4.74 Å². The van der Waals surface area contributed by atoms with Gasteiger partial charge in [0.05, 0.1) is 23.7 Å². The molecule has 0 aliphatic carbocycles. The lowest BCUT2D eigenvalue weighted by Crippen LogP contribution is -2.50. The van der Waals surface area contributed by atoms with Crippen LogP contribution >= 0.6 is 0 Å². The molecule has 0 saturated carbocycles. The molecule has 0 radical (unpaired) electrons. The fourth-order valence-corrected chi connectivity index (χ4v) is 3.72. The molecule has 2 aliphatic heterocycles. The van der Waals surface area contributed by atoms with Gasteiger partial charge in [-0.1, -0.05) is 30.3 Å². The largest absolute Gasteiger partial charge is 0.373 e. The van der Waals surface area contributed by atoms with Gasteiger partial charge in [0.2, 0.25) is 5.82 Å². The summed E-state index contributed by atoms with van der Waals surface area (Å²) in [6.07, 6.45) is 1.66. The van der Waals surface area contributed by atoms with E-state index in [2.05, 4.69) is 22.0 Å². The molecule has 0 bridgehead atoms. The Morgan fingerprint density at radius 2 is 2.04 bits per heavy atom. The van der Waals surface area contributed by atoms with Crippen LogP contribution in [0.25, 0.3) is 0 Å². The van der Waals surface area contributed by atoms with Crippen molar-refractivity contribution in [3.8, 4) is 0 Å². The van der Waals surface area contributed by atoms with Crippen molar-refractivity contribution in [3.63, 3.8) is 0 Å². The van der Waals surface area contributed by atoms with Gasteiger partial charge >= 0.3 is 5.69 Å². The number of pyridine rings is 1. The second-order valence-electron chi connectivity index (χ2n) is 6.44. The standard InChI is InChI=1S/C18H20N4O3/c23-22(24)15-7-4-8-19-18(15)21-12-16-17(13-21)25-10-9-20(16)11-14-5-2-1-3-6-14/h1-8,16-17H,9-13H2. The number of ether oxygens (including phenoxy) is 1. The monoisotopic (exact) mass is 340 g/mol. The Balaban J connectivity index is 1.54. The van der Waals surface area contributed by atoms with Gasteiger partial charge in [-0.05, 0) is 11.6 Å². The maximum Gasteiger partial charge on any atom is 0.311 e. The van der Waals surface area contributed by atoms with Gasteiger partial charge in [0.15, 0.2) is 0 Å². The molecule has 25 heavy (non-hydrogen) atoms. The van der Waals surface area contributed by atoms with Crippen LogP contribution < -0.4 is 4.90 Å². The summed E-state index contributed by atoms with van der Waals surface area (Å²) >= 11 is 0. The predicted octanol–water partition coefficient (Wildman–Crippen LogP) is 2.08. The molecule has 0 amide bonds. The third kappa shape index (κ3) is 3.20. The van der Waals surface area contributed by atoms with Gasteiger partial charge in [0.25, 0.3) is 0 Å². The van der Waals surface area contributed by atoms with Crippen molar-refractivity contribution in [1.82, 2.24) is 9.88 Å². The summed E-state index contributed by atoms with van der Waals surface area (Å²) < 4.78 is 5.94. The third-order valence-electron chi connectivity index (χ3n) is 4.91. The Morgan fingerprint density at radius 3 is 2.84 bits per heavy atom. The first-order valence-electron chi connectivity index (χ1n) is 8.46. The molecule has 7 nitrogen and oxygen atoms in total. The SMILES string of the molecule is O=[N+]([O-])c1cccnc1N1CC2OCCN(Cc3ccccc3)C2C1.